The SMILES string of the molecule is CCCOc1ccc2ccccc2c1/C=C1/C(=O)N(C(=O)c2ccccc2)N=C1C. The predicted octanol–water partition coefficient (Wildman–Crippen LogP) is 5.07. The summed E-state index contributed by atoms with van der Waals surface area (Å²) < 4.78 is 5.94. The lowest BCUT2D eigenvalue weighted by atomic mass is 9.99. The highest BCUT2D eigenvalue weighted by molar-refractivity contribution is 6.31. The lowest BCUT2D eigenvalue weighted by molar-refractivity contribution is -0.123. The van der Waals surface area contributed by atoms with E-state index in [9.17, 15) is 9.59 Å². The van der Waals surface area contributed by atoms with Gasteiger partial charge in [0.05, 0.1) is 17.9 Å². The molecular formula is C25H22N2O3. The normalized spacial score (nSPS) is 15.0. The third kappa shape index (κ3) is 3.62. The van der Waals surface area contributed by atoms with Gasteiger partial charge in [-0.25, -0.2) is 0 Å². The largest absolute Gasteiger partial charge is 0.493 e. The molecule has 0 aromatic heterocycles. The molecule has 5 nitrogen and oxygen atoms in total. The predicted molar refractivity (Wildman–Crippen MR) is 118 cm³/mol. The Bertz CT molecular complexity index is 1180. The molecule has 0 bridgehead atoms. The van der Waals surface area contributed by atoms with Crippen molar-refractivity contribution in [1.82, 2.24) is 5.01 Å². The second-order valence-electron chi connectivity index (χ2n) is 7.08. The van der Waals surface area contributed by atoms with E-state index in [-0.39, 0.29) is 0 Å². The van der Waals surface area contributed by atoms with Gasteiger partial charge >= 0.3 is 0 Å². The average Bonchev–Trinajstić information content (AvgIpc) is 3.06. The Kier molecular flexibility index (Phi) is 5.44. The number of carbonyl (C=O) groups excluding carboxylic acids is 2. The molecule has 0 aliphatic carbocycles. The minimum atomic E-state index is -0.441. The van der Waals surface area contributed by atoms with Gasteiger partial charge in [0.15, 0.2) is 0 Å². The van der Waals surface area contributed by atoms with Gasteiger partial charge in [0.1, 0.15) is 5.75 Å². The first-order valence-electron chi connectivity index (χ1n) is 9.96. The van der Waals surface area contributed by atoms with Crippen LogP contribution in [0.25, 0.3) is 16.8 Å². The molecule has 0 spiro atoms. The molecule has 0 atom stereocenters. The number of fused-ring (bicyclic) bond motifs is 1. The Morgan fingerprint density at radius 3 is 2.53 bits per heavy atom. The van der Waals surface area contributed by atoms with Crippen LogP contribution in [0.3, 0.4) is 0 Å². The van der Waals surface area contributed by atoms with Crippen LogP contribution >= 0.6 is 0 Å². The van der Waals surface area contributed by atoms with Crippen molar-refractivity contribution in [3.05, 3.63) is 83.4 Å². The molecular weight excluding hydrogens is 376 g/mol. The number of benzene rings is 3. The summed E-state index contributed by atoms with van der Waals surface area (Å²) in [7, 11) is 0. The maximum absolute atomic E-state index is 13.1. The van der Waals surface area contributed by atoms with E-state index in [4.69, 9.17) is 4.74 Å². The highest BCUT2D eigenvalue weighted by atomic mass is 16.5. The number of carbonyl (C=O) groups is 2. The Labute approximate surface area is 175 Å². The average molecular weight is 398 g/mol. The third-order valence-corrected chi connectivity index (χ3v) is 4.96. The van der Waals surface area contributed by atoms with E-state index in [1.165, 1.54) is 0 Å². The molecule has 2 amide bonds. The fourth-order valence-electron chi connectivity index (χ4n) is 3.43. The van der Waals surface area contributed by atoms with Gasteiger partial charge in [0.2, 0.25) is 0 Å². The molecule has 0 saturated carbocycles. The van der Waals surface area contributed by atoms with Crippen molar-refractivity contribution in [3.8, 4) is 5.75 Å². The number of amides is 2. The number of rotatable bonds is 5. The van der Waals surface area contributed by atoms with Gasteiger partial charge in [-0.15, -0.1) is 0 Å². The number of imide groups is 1. The third-order valence-electron chi connectivity index (χ3n) is 4.96. The lowest BCUT2D eigenvalue weighted by Crippen LogP contribution is -2.29. The molecule has 0 saturated heterocycles. The molecule has 150 valence electrons. The minimum absolute atomic E-state index is 0.386. The molecule has 1 heterocycles. The second kappa shape index (κ2) is 8.33. The highest BCUT2D eigenvalue weighted by Gasteiger charge is 2.33. The van der Waals surface area contributed by atoms with Crippen LogP contribution in [0.5, 0.6) is 5.75 Å². The summed E-state index contributed by atoms with van der Waals surface area (Å²) in [5.41, 5.74) is 2.12. The Hall–Kier alpha value is -3.73. The maximum atomic E-state index is 13.1. The van der Waals surface area contributed by atoms with Crippen LogP contribution in [0.15, 0.2) is 77.4 Å². The van der Waals surface area contributed by atoms with E-state index in [0.717, 1.165) is 27.8 Å². The topological polar surface area (TPSA) is 59.0 Å². The number of nitrogens with zero attached hydrogens (tertiary/aromatic N) is 2. The van der Waals surface area contributed by atoms with Crippen LogP contribution in [-0.2, 0) is 4.79 Å². The van der Waals surface area contributed by atoms with Crippen molar-refractivity contribution in [1.29, 1.82) is 0 Å². The summed E-state index contributed by atoms with van der Waals surface area (Å²) in [5, 5.41) is 7.20. The van der Waals surface area contributed by atoms with Crippen LogP contribution in [0.1, 0.15) is 36.2 Å². The van der Waals surface area contributed by atoms with Crippen LogP contribution < -0.4 is 4.74 Å². The highest BCUT2D eigenvalue weighted by Crippen LogP contribution is 2.32. The van der Waals surface area contributed by atoms with E-state index in [1.807, 2.05) is 49.4 Å². The molecule has 3 aromatic rings. The molecule has 0 fully saturated rings. The molecule has 3 aromatic carbocycles. The monoisotopic (exact) mass is 398 g/mol. The molecule has 1 aliphatic rings. The summed E-state index contributed by atoms with van der Waals surface area (Å²) in [6.07, 6.45) is 2.66. The molecule has 1 aliphatic heterocycles. The lowest BCUT2D eigenvalue weighted by Gasteiger charge is -2.13. The Morgan fingerprint density at radius 1 is 1.03 bits per heavy atom. The van der Waals surface area contributed by atoms with Gasteiger partial charge in [0.25, 0.3) is 11.8 Å². The smallest absolute Gasteiger partial charge is 0.283 e. The minimum Gasteiger partial charge on any atom is -0.493 e. The standard InChI is InChI=1S/C25H22N2O3/c1-3-15-30-23-14-13-18-9-7-8-12-20(18)22(23)16-21-17(2)26-27(25(21)29)24(28)19-10-5-4-6-11-19/h4-14,16H,3,15H2,1-2H3/b21-16+. The number of hydrogen-bond acceptors (Lipinski definition) is 4. The number of hydrogen-bond donors (Lipinski definition) is 0. The van der Waals surface area contributed by atoms with Gasteiger partial charge < -0.3 is 4.74 Å². The summed E-state index contributed by atoms with van der Waals surface area (Å²) in [6.45, 7) is 4.36. The summed E-state index contributed by atoms with van der Waals surface area (Å²) in [4.78, 5) is 25.8. The van der Waals surface area contributed by atoms with Crippen molar-refractivity contribution in [2.24, 2.45) is 5.10 Å². The van der Waals surface area contributed by atoms with E-state index in [1.54, 1.807) is 37.3 Å². The van der Waals surface area contributed by atoms with Crippen molar-refractivity contribution in [3.63, 3.8) is 0 Å². The zero-order chi connectivity index (χ0) is 21.1. The number of ether oxygens (including phenoxy) is 1. The molecule has 0 radical (unpaired) electrons. The van der Waals surface area contributed by atoms with Gasteiger partial charge in [-0.1, -0.05) is 55.5 Å². The van der Waals surface area contributed by atoms with Crippen LogP contribution in [0, 0.1) is 0 Å². The summed E-state index contributed by atoms with van der Waals surface area (Å²) in [6, 6.07) is 20.5. The summed E-state index contributed by atoms with van der Waals surface area (Å²) in [5.74, 6) is -0.170. The molecule has 0 unspecified atom stereocenters. The van der Waals surface area contributed by atoms with Gasteiger partial charge in [-0.2, -0.15) is 10.1 Å². The molecule has 4 rings (SSSR count). The Balaban J connectivity index is 1.76. The number of hydrazone groups is 1. The van der Waals surface area contributed by atoms with Crippen LogP contribution in [-0.4, -0.2) is 29.1 Å². The van der Waals surface area contributed by atoms with Gasteiger partial charge in [-0.3, -0.25) is 9.59 Å². The van der Waals surface area contributed by atoms with E-state index in [2.05, 4.69) is 5.10 Å². The first-order valence-corrected chi connectivity index (χ1v) is 9.96. The van der Waals surface area contributed by atoms with Crippen molar-refractivity contribution in [2.75, 3.05) is 6.61 Å². The molecule has 30 heavy (non-hydrogen) atoms. The van der Waals surface area contributed by atoms with Crippen LogP contribution in [0.4, 0.5) is 0 Å². The van der Waals surface area contributed by atoms with E-state index >= 15 is 0 Å². The van der Waals surface area contributed by atoms with Crippen LogP contribution in [0.2, 0.25) is 0 Å². The van der Waals surface area contributed by atoms with E-state index in [0.29, 0.717) is 29.2 Å². The van der Waals surface area contributed by atoms with E-state index < -0.39 is 11.8 Å². The zero-order valence-electron chi connectivity index (χ0n) is 17.0. The fraction of sp³-hybridized carbons (Fsp3) is 0.160. The van der Waals surface area contributed by atoms with Crippen molar-refractivity contribution >= 4 is 34.4 Å². The maximum Gasteiger partial charge on any atom is 0.283 e. The first-order chi connectivity index (χ1) is 14.6. The second-order valence-corrected chi connectivity index (χ2v) is 7.08. The van der Waals surface area contributed by atoms with Crippen molar-refractivity contribution in [2.45, 2.75) is 20.3 Å². The Morgan fingerprint density at radius 2 is 1.77 bits per heavy atom. The summed E-state index contributed by atoms with van der Waals surface area (Å²) >= 11 is 0. The van der Waals surface area contributed by atoms with Gasteiger partial charge in [-0.05, 0) is 48.4 Å². The molecule has 5 heteroatoms. The van der Waals surface area contributed by atoms with Crippen molar-refractivity contribution < 1.29 is 14.3 Å². The quantitative estimate of drug-likeness (QED) is 0.445. The van der Waals surface area contributed by atoms with Gasteiger partial charge in [0, 0.05) is 11.1 Å². The molecule has 0 N–H and O–H groups in total. The fourth-order valence-corrected chi connectivity index (χ4v) is 3.43. The first kappa shape index (κ1) is 19.6. The zero-order valence-corrected chi connectivity index (χ0v) is 17.0.